The van der Waals surface area contributed by atoms with E-state index < -0.39 is 6.10 Å². The van der Waals surface area contributed by atoms with Crippen LogP contribution in [0.25, 0.3) is 0 Å². The molecule has 0 N–H and O–H groups in total. The van der Waals surface area contributed by atoms with Crippen LogP contribution in [0.3, 0.4) is 0 Å². The van der Waals surface area contributed by atoms with Crippen molar-refractivity contribution in [3.8, 4) is 0 Å². The van der Waals surface area contributed by atoms with Gasteiger partial charge in [0.05, 0.1) is 0 Å². The van der Waals surface area contributed by atoms with Crippen molar-refractivity contribution in [2.45, 2.75) is 303 Å². The van der Waals surface area contributed by atoms with Crippen molar-refractivity contribution in [3.05, 3.63) is 0 Å². The smallest absolute Gasteiger partial charge is 0.306 e. The second kappa shape index (κ2) is 47.5. The topological polar surface area (TPSA) is 78.9 Å². The van der Waals surface area contributed by atoms with Crippen LogP contribution in [0.1, 0.15) is 297 Å². The monoisotopic (exact) mass is 835 g/mol. The van der Waals surface area contributed by atoms with Gasteiger partial charge in [-0.25, -0.2) is 0 Å². The van der Waals surface area contributed by atoms with E-state index in [2.05, 4.69) is 27.7 Å². The van der Waals surface area contributed by atoms with Crippen molar-refractivity contribution in [2.24, 2.45) is 5.92 Å². The number of carbonyl (C=O) groups excluding carboxylic acids is 3. The summed E-state index contributed by atoms with van der Waals surface area (Å²) in [6.07, 6.45) is 49.5. The van der Waals surface area contributed by atoms with E-state index in [-0.39, 0.29) is 31.1 Å². The minimum atomic E-state index is -0.760. The lowest BCUT2D eigenvalue weighted by atomic mass is 10.0. The maximum absolute atomic E-state index is 12.8. The van der Waals surface area contributed by atoms with E-state index in [1.807, 2.05) is 0 Å². The predicted molar refractivity (Wildman–Crippen MR) is 252 cm³/mol. The summed E-state index contributed by atoms with van der Waals surface area (Å²) >= 11 is 0. The highest BCUT2D eigenvalue weighted by molar-refractivity contribution is 5.71. The summed E-state index contributed by atoms with van der Waals surface area (Å²) < 4.78 is 16.8. The Hall–Kier alpha value is -1.59. The number of hydrogen-bond acceptors (Lipinski definition) is 6. The summed E-state index contributed by atoms with van der Waals surface area (Å²) in [5.74, 6) is -0.00697. The highest BCUT2D eigenvalue weighted by atomic mass is 16.6. The number of hydrogen-bond donors (Lipinski definition) is 0. The molecule has 0 unspecified atom stereocenters. The van der Waals surface area contributed by atoms with Crippen LogP contribution in [0, 0.1) is 5.92 Å². The largest absolute Gasteiger partial charge is 0.462 e. The highest BCUT2D eigenvalue weighted by Crippen LogP contribution is 2.17. The Morgan fingerprint density at radius 2 is 0.559 bits per heavy atom. The van der Waals surface area contributed by atoms with Crippen molar-refractivity contribution in [1.82, 2.24) is 0 Å². The molecule has 0 aromatic heterocycles. The van der Waals surface area contributed by atoms with Crippen LogP contribution in [0.2, 0.25) is 0 Å². The van der Waals surface area contributed by atoms with Crippen LogP contribution in [0.4, 0.5) is 0 Å². The molecule has 0 aromatic carbocycles. The molecular weight excluding hydrogens is 733 g/mol. The van der Waals surface area contributed by atoms with Gasteiger partial charge >= 0.3 is 17.9 Å². The van der Waals surface area contributed by atoms with Crippen LogP contribution >= 0.6 is 0 Å². The van der Waals surface area contributed by atoms with Crippen molar-refractivity contribution in [1.29, 1.82) is 0 Å². The van der Waals surface area contributed by atoms with Crippen molar-refractivity contribution < 1.29 is 28.6 Å². The average molecular weight is 835 g/mol. The van der Waals surface area contributed by atoms with Gasteiger partial charge in [-0.2, -0.15) is 0 Å². The summed E-state index contributed by atoms with van der Waals surface area (Å²) in [6.45, 7) is 9.02. The molecule has 0 saturated carbocycles. The molecule has 0 fully saturated rings. The van der Waals surface area contributed by atoms with Gasteiger partial charge in [0.15, 0.2) is 6.10 Å². The molecule has 350 valence electrons. The van der Waals surface area contributed by atoms with Crippen LogP contribution in [-0.2, 0) is 28.6 Å². The normalized spacial score (nSPS) is 11.9. The quantitative estimate of drug-likeness (QED) is 0.0345. The lowest BCUT2D eigenvalue weighted by Crippen LogP contribution is -2.30. The van der Waals surface area contributed by atoms with Gasteiger partial charge in [0.1, 0.15) is 13.2 Å². The van der Waals surface area contributed by atoms with Crippen LogP contribution < -0.4 is 0 Å². The number of carbonyl (C=O) groups is 3. The molecule has 0 aliphatic heterocycles. The van der Waals surface area contributed by atoms with Gasteiger partial charge in [0.2, 0.25) is 0 Å². The minimum Gasteiger partial charge on any atom is -0.462 e. The minimum absolute atomic E-state index is 0.0626. The Labute approximate surface area is 368 Å². The fourth-order valence-corrected chi connectivity index (χ4v) is 8.04. The van der Waals surface area contributed by atoms with Crippen molar-refractivity contribution in [3.63, 3.8) is 0 Å². The Morgan fingerprint density at radius 1 is 0.322 bits per heavy atom. The number of rotatable bonds is 48. The van der Waals surface area contributed by atoms with E-state index in [1.165, 1.54) is 193 Å². The molecule has 1 atom stereocenters. The summed E-state index contributed by atoms with van der Waals surface area (Å²) in [4.78, 5) is 37.9. The molecule has 6 heteroatoms. The van der Waals surface area contributed by atoms with E-state index in [1.54, 1.807) is 0 Å². The molecule has 0 radical (unpaired) electrons. The third-order valence-corrected chi connectivity index (χ3v) is 12.0. The lowest BCUT2D eigenvalue weighted by Gasteiger charge is -2.18. The molecule has 0 heterocycles. The first-order valence-corrected chi connectivity index (χ1v) is 26.4. The van der Waals surface area contributed by atoms with Gasteiger partial charge in [-0.15, -0.1) is 0 Å². The Kier molecular flexibility index (Phi) is 46.2. The molecule has 0 amide bonds. The Bertz CT molecular complexity index is 887. The Balaban J connectivity index is 4.25. The highest BCUT2D eigenvalue weighted by Gasteiger charge is 2.19. The lowest BCUT2D eigenvalue weighted by molar-refractivity contribution is -0.167. The summed E-state index contributed by atoms with van der Waals surface area (Å²) in [6, 6.07) is 0. The second-order valence-corrected chi connectivity index (χ2v) is 18.6. The molecule has 0 rings (SSSR count). The summed E-state index contributed by atoms with van der Waals surface area (Å²) in [5.41, 5.74) is 0. The molecule has 0 bridgehead atoms. The maximum Gasteiger partial charge on any atom is 0.306 e. The maximum atomic E-state index is 12.8. The molecule has 6 nitrogen and oxygen atoms in total. The van der Waals surface area contributed by atoms with Gasteiger partial charge in [-0.3, -0.25) is 14.4 Å². The molecular formula is C53H102O6. The second-order valence-electron chi connectivity index (χ2n) is 18.6. The predicted octanol–water partition coefficient (Wildman–Crippen LogP) is 17.1. The van der Waals surface area contributed by atoms with Gasteiger partial charge in [-0.1, -0.05) is 259 Å². The van der Waals surface area contributed by atoms with Crippen molar-refractivity contribution >= 4 is 17.9 Å². The number of ether oxygens (including phenoxy) is 3. The third kappa shape index (κ3) is 47.3. The van der Waals surface area contributed by atoms with Crippen LogP contribution in [0.5, 0.6) is 0 Å². The average Bonchev–Trinajstić information content (AvgIpc) is 3.22. The SMILES string of the molecule is CCCCCCCCCCCCCCCCCCC(=O)OC[C@@H](COC(=O)CCCCCCCCCCC)OC(=O)CCCCCCCCCCCCCCCC(C)C. The molecule has 0 saturated heterocycles. The van der Waals surface area contributed by atoms with E-state index in [0.717, 1.165) is 63.7 Å². The number of unbranched alkanes of at least 4 members (excludes halogenated alkanes) is 35. The molecule has 0 aliphatic carbocycles. The van der Waals surface area contributed by atoms with E-state index >= 15 is 0 Å². The van der Waals surface area contributed by atoms with E-state index in [4.69, 9.17) is 14.2 Å². The first-order valence-electron chi connectivity index (χ1n) is 26.4. The summed E-state index contributed by atoms with van der Waals surface area (Å²) in [5, 5.41) is 0. The first-order chi connectivity index (χ1) is 28.9. The van der Waals surface area contributed by atoms with Gasteiger partial charge in [0.25, 0.3) is 0 Å². The van der Waals surface area contributed by atoms with Crippen molar-refractivity contribution in [2.75, 3.05) is 13.2 Å². The standard InChI is InChI=1S/C53H102O6/c1-5-7-9-11-13-15-16-17-18-19-22-25-29-33-37-41-45-52(55)58-48-50(47-57-51(54)44-40-36-32-27-14-12-10-8-6-2)59-53(56)46-42-38-34-30-26-23-20-21-24-28-31-35-39-43-49(3)4/h49-50H,5-48H2,1-4H3/t50-/m1/s1. The fourth-order valence-electron chi connectivity index (χ4n) is 8.04. The van der Waals surface area contributed by atoms with E-state index in [9.17, 15) is 14.4 Å². The zero-order valence-electron chi connectivity index (χ0n) is 40.2. The summed E-state index contributed by atoms with van der Waals surface area (Å²) in [7, 11) is 0. The molecule has 0 spiro atoms. The molecule has 0 aliphatic rings. The van der Waals surface area contributed by atoms with Gasteiger partial charge in [0, 0.05) is 19.3 Å². The zero-order chi connectivity index (χ0) is 43.1. The van der Waals surface area contributed by atoms with Gasteiger partial charge in [-0.05, 0) is 25.2 Å². The number of esters is 3. The molecule has 59 heavy (non-hydrogen) atoms. The van der Waals surface area contributed by atoms with E-state index in [0.29, 0.717) is 19.3 Å². The first kappa shape index (κ1) is 57.4. The zero-order valence-corrected chi connectivity index (χ0v) is 40.2. The Morgan fingerprint density at radius 3 is 0.831 bits per heavy atom. The molecule has 0 aromatic rings. The third-order valence-electron chi connectivity index (χ3n) is 12.0. The van der Waals surface area contributed by atoms with Gasteiger partial charge < -0.3 is 14.2 Å². The van der Waals surface area contributed by atoms with Crippen LogP contribution in [0.15, 0.2) is 0 Å². The van der Waals surface area contributed by atoms with Crippen LogP contribution in [-0.4, -0.2) is 37.2 Å². The fraction of sp³-hybridized carbons (Fsp3) is 0.943.